The highest BCUT2D eigenvalue weighted by atomic mass is 16.2. The quantitative estimate of drug-likeness (QED) is 0.713. The number of amides is 1. The van der Waals surface area contributed by atoms with Crippen molar-refractivity contribution in [3.63, 3.8) is 0 Å². The van der Waals surface area contributed by atoms with Gasteiger partial charge in [-0.2, -0.15) is 0 Å². The van der Waals surface area contributed by atoms with Gasteiger partial charge in [0.2, 0.25) is 5.91 Å². The Morgan fingerprint density at radius 3 is 2.75 bits per heavy atom. The third-order valence-corrected chi connectivity index (χ3v) is 3.10. The zero-order valence-corrected chi connectivity index (χ0v) is 9.69. The fraction of sp³-hybridized carbons (Fsp3) is 0.500. The van der Waals surface area contributed by atoms with Crippen molar-refractivity contribution < 1.29 is 4.79 Å². The molecule has 2 rings (SSSR count). The van der Waals surface area contributed by atoms with E-state index in [0.717, 1.165) is 24.1 Å². The van der Waals surface area contributed by atoms with Crippen LogP contribution >= 0.6 is 0 Å². The van der Waals surface area contributed by atoms with Gasteiger partial charge in [-0.3, -0.25) is 9.59 Å². The van der Waals surface area contributed by atoms with Crippen LogP contribution in [0.3, 0.4) is 0 Å². The Labute approximate surface area is 94.5 Å². The molecule has 0 atom stereocenters. The lowest BCUT2D eigenvalue weighted by Crippen LogP contribution is -2.28. The maximum atomic E-state index is 11.7. The van der Waals surface area contributed by atoms with Crippen molar-refractivity contribution in [2.45, 2.75) is 32.7 Å². The topological polar surface area (TPSA) is 42.3 Å². The van der Waals surface area contributed by atoms with Gasteiger partial charge in [0.1, 0.15) is 0 Å². The van der Waals surface area contributed by atoms with Gasteiger partial charge in [0, 0.05) is 32.3 Å². The zero-order valence-electron chi connectivity index (χ0n) is 9.69. The largest absolute Gasteiger partial charge is 0.315 e. The smallest absolute Gasteiger partial charge is 0.252 e. The van der Waals surface area contributed by atoms with Gasteiger partial charge in [-0.25, -0.2) is 0 Å². The second-order valence-electron chi connectivity index (χ2n) is 4.11. The molecule has 0 spiro atoms. The number of anilines is 1. The van der Waals surface area contributed by atoms with E-state index in [1.807, 2.05) is 13.1 Å². The van der Waals surface area contributed by atoms with Crippen molar-refractivity contribution in [1.82, 2.24) is 4.57 Å². The molecule has 0 bridgehead atoms. The van der Waals surface area contributed by atoms with E-state index in [1.165, 1.54) is 0 Å². The summed E-state index contributed by atoms with van der Waals surface area (Å²) in [6.45, 7) is 2.61. The van der Waals surface area contributed by atoms with Gasteiger partial charge in [0.05, 0.1) is 5.69 Å². The number of aromatic nitrogens is 1. The normalized spacial score (nSPS) is 15.9. The summed E-state index contributed by atoms with van der Waals surface area (Å²) in [4.78, 5) is 25.0. The molecular weight excluding hydrogens is 204 g/mol. The van der Waals surface area contributed by atoms with Crippen LogP contribution in [0, 0.1) is 0 Å². The van der Waals surface area contributed by atoms with Crippen molar-refractivity contribution in [3.05, 3.63) is 28.2 Å². The van der Waals surface area contributed by atoms with Crippen molar-refractivity contribution >= 4 is 11.6 Å². The minimum absolute atomic E-state index is 0.0391. The van der Waals surface area contributed by atoms with E-state index in [-0.39, 0.29) is 11.5 Å². The third-order valence-electron chi connectivity index (χ3n) is 3.10. The second-order valence-corrected chi connectivity index (χ2v) is 4.11. The van der Waals surface area contributed by atoms with E-state index >= 15 is 0 Å². The van der Waals surface area contributed by atoms with Gasteiger partial charge in [0.15, 0.2) is 0 Å². The molecule has 0 fully saturated rings. The molecule has 1 amide bonds. The lowest BCUT2D eigenvalue weighted by atomic mass is 10.1. The summed E-state index contributed by atoms with van der Waals surface area (Å²) >= 11 is 0. The highest BCUT2D eigenvalue weighted by molar-refractivity contribution is 5.94. The molecule has 1 aromatic rings. The summed E-state index contributed by atoms with van der Waals surface area (Å²) in [6.07, 6.45) is 4.17. The van der Waals surface area contributed by atoms with Crippen LogP contribution in [0.5, 0.6) is 0 Å². The second kappa shape index (κ2) is 4.12. The summed E-state index contributed by atoms with van der Waals surface area (Å²) < 4.78 is 1.68. The first-order valence-corrected chi connectivity index (χ1v) is 5.63. The van der Waals surface area contributed by atoms with Crippen LogP contribution in [0.2, 0.25) is 0 Å². The van der Waals surface area contributed by atoms with Gasteiger partial charge in [-0.1, -0.05) is 0 Å². The Morgan fingerprint density at radius 2 is 2.06 bits per heavy atom. The molecule has 2 heterocycles. The SMILES string of the molecule is CCn1cc2c(cc1=O)N(C)C(=O)CCC2. The van der Waals surface area contributed by atoms with Gasteiger partial charge < -0.3 is 9.47 Å². The average Bonchev–Trinajstić information content (AvgIpc) is 2.40. The van der Waals surface area contributed by atoms with Crippen LogP contribution in [0.15, 0.2) is 17.1 Å². The molecule has 0 unspecified atom stereocenters. The summed E-state index contributed by atoms with van der Waals surface area (Å²) in [6, 6.07) is 1.57. The first-order chi connectivity index (χ1) is 7.63. The van der Waals surface area contributed by atoms with Crippen molar-refractivity contribution in [2.24, 2.45) is 0 Å². The molecule has 16 heavy (non-hydrogen) atoms. The molecule has 0 saturated carbocycles. The number of fused-ring (bicyclic) bond motifs is 1. The van der Waals surface area contributed by atoms with Crippen LogP contribution < -0.4 is 10.5 Å². The van der Waals surface area contributed by atoms with Crippen molar-refractivity contribution in [1.29, 1.82) is 0 Å². The predicted molar refractivity (Wildman–Crippen MR) is 62.7 cm³/mol. The predicted octanol–water partition coefficient (Wildman–Crippen LogP) is 1.17. The number of carbonyl (C=O) groups is 1. The van der Waals surface area contributed by atoms with Crippen molar-refractivity contribution in [2.75, 3.05) is 11.9 Å². The highest BCUT2D eigenvalue weighted by Crippen LogP contribution is 2.23. The Hall–Kier alpha value is -1.58. The van der Waals surface area contributed by atoms with E-state index in [9.17, 15) is 9.59 Å². The van der Waals surface area contributed by atoms with E-state index in [1.54, 1.807) is 22.6 Å². The lowest BCUT2D eigenvalue weighted by molar-refractivity contribution is -0.118. The first-order valence-electron chi connectivity index (χ1n) is 5.63. The molecule has 0 N–H and O–H groups in total. The van der Waals surface area contributed by atoms with Gasteiger partial charge in [-0.15, -0.1) is 0 Å². The molecule has 1 aliphatic rings. The number of rotatable bonds is 1. The van der Waals surface area contributed by atoms with Crippen molar-refractivity contribution in [3.8, 4) is 0 Å². The van der Waals surface area contributed by atoms with Gasteiger partial charge in [-0.05, 0) is 25.3 Å². The van der Waals surface area contributed by atoms with Crippen LogP contribution in [0.1, 0.15) is 25.3 Å². The molecule has 0 aliphatic carbocycles. The number of pyridine rings is 1. The summed E-state index contributed by atoms with van der Waals surface area (Å²) in [7, 11) is 1.74. The number of hydrogen-bond donors (Lipinski definition) is 0. The molecular formula is C12H16N2O2. The number of carbonyl (C=O) groups excluding carboxylic acids is 1. The summed E-state index contributed by atoms with van der Waals surface area (Å²) in [5.74, 6) is 0.0902. The highest BCUT2D eigenvalue weighted by Gasteiger charge is 2.19. The minimum Gasteiger partial charge on any atom is -0.315 e. The number of aryl methyl sites for hydroxylation is 2. The molecule has 1 aliphatic heterocycles. The zero-order chi connectivity index (χ0) is 11.7. The van der Waals surface area contributed by atoms with E-state index < -0.39 is 0 Å². The minimum atomic E-state index is -0.0391. The van der Waals surface area contributed by atoms with Gasteiger partial charge >= 0.3 is 0 Å². The third kappa shape index (κ3) is 1.75. The van der Waals surface area contributed by atoms with E-state index in [0.29, 0.717) is 13.0 Å². The molecule has 4 nitrogen and oxygen atoms in total. The Bertz CT molecular complexity index is 476. The maximum Gasteiger partial charge on any atom is 0.252 e. The van der Waals surface area contributed by atoms with Gasteiger partial charge in [0.25, 0.3) is 5.56 Å². The van der Waals surface area contributed by atoms with E-state index in [4.69, 9.17) is 0 Å². The number of hydrogen-bond acceptors (Lipinski definition) is 2. The standard InChI is InChI=1S/C12H16N2O2/c1-3-14-8-9-5-4-6-11(15)13(2)10(9)7-12(14)16/h7-8H,3-6H2,1-2H3. The molecule has 0 radical (unpaired) electrons. The summed E-state index contributed by atoms with van der Waals surface area (Å²) in [5, 5.41) is 0. The Morgan fingerprint density at radius 1 is 1.31 bits per heavy atom. The molecule has 4 heteroatoms. The van der Waals surface area contributed by atoms with E-state index in [2.05, 4.69) is 0 Å². The number of nitrogens with zero attached hydrogens (tertiary/aromatic N) is 2. The Balaban J connectivity index is 2.56. The average molecular weight is 220 g/mol. The summed E-state index contributed by atoms with van der Waals surface area (Å²) in [5.41, 5.74) is 1.83. The maximum absolute atomic E-state index is 11.7. The first kappa shape index (κ1) is 10.9. The molecule has 0 aromatic carbocycles. The molecule has 1 aromatic heterocycles. The van der Waals surface area contributed by atoms with Crippen LogP contribution in [0.25, 0.3) is 0 Å². The lowest BCUT2D eigenvalue weighted by Gasteiger charge is -2.18. The fourth-order valence-electron chi connectivity index (χ4n) is 2.09. The molecule has 86 valence electrons. The van der Waals surface area contributed by atoms with Crippen LogP contribution in [-0.4, -0.2) is 17.5 Å². The molecule has 0 saturated heterocycles. The fourth-order valence-corrected chi connectivity index (χ4v) is 2.09. The van der Waals surface area contributed by atoms with Crippen LogP contribution in [-0.2, 0) is 17.8 Å². The van der Waals surface area contributed by atoms with Crippen LogP contribution in [0.4, 0.5) is 5.69 Å². The Kier molecular flexibility index (Phi) is 2.81. The monoisotopic (exact) mass is 220 g/mol.